The Balaban J connectivity index is 1.89. The van der Waals surface area contributed by atoms with E-state index in [2.05, 4.69) is 88.9 Å². The Bertz CT molecular complexity index is 1060. The molecule has 0 aliphatic rings. The summed E-state index contributed by atoms with van der Waals surface area (Å²) in [7, 11) is 0. The zero-order valence-corrected chi connectivity index (χ0v) is 23.2. The Kier molecular flexibility index (Phi) is 10.6. The Morgan fingerprint density at radius 1 is 0.686 bits per heavy atom. The highest BCUT2D eigenvalue weighted by atomic mass is 16.3. The summed E-state index contributed by atoms with van der Waals surface area (Å²) in [6.45, 7) is 15.6. The average molecular weight is 476 g/mol. The number of hydrogen-bond donors (Lipinski definition) is 1. The highest BCUT2D eigenvalue weighted by molar-refractivity contribution is 6.08. The van der Waals surface area contributed by atoms with E-state index in [0.29, 0.717) is 5.92 Å². The van der Waals surface area contributed by atoms with E-state index in [1.807, 2.05) is 0 Å². The third kappa shape index (κ3) is 7.08. The summed E-state index contributed by atoms with van der Waals surface area (Å²) < 4.78 is 0. The van der Waals surface area contributed by atoms with Crippen LogP contribution in [-0.4, -0.2) is 29.1 Å². The van der Waals surface area contributed by atoms with E-state index in [0.717, 1.165) is 18.7 Å². The van der Waals surface area contributed by atoms with Gasteiger partial charge in [0, 0.05) is 6.04 Å². The highest BCUT2D eigenvalue weighted by Crippen LogP contribution is 2.33. The number of nitrogens with zero attached hydrogens (tertiary/aromatic N) is 1. The van der Waals surface area contributed by atoms with Crippen molar-refractivity contribution < 1.29 is 5.11 Å². The van der Waals surface area contributed by atoms with Crippen LogP contribution in [0.1, 0.15) is 115 Å². The van der Waals surface area contributed by atoms with Gasteiger partial charge >= 0.3 is 0 Å². The molecular formula is C33H49NO. The highest BCUT2D eigenvalue weighted by Gasteiger charge is 2.23. The van der Waals surface area contributed by atoms with Crippen molar-refractivity contribution in [2.45, 2.75) is 111 Å². The fraction of sp³-hybridized carbons (Fsp3) is 0.576. The molecule has 0 bridgehead atoms. The van der Waals surface area contributed by atoms with E-state index in [4.69, 9.17) is 0 Å². The van der Waals surface area contributed by atoms with Gasteiger partial charge < -0.3 is 5.11 Å². The molecule has 192 valence electrons. The van der Waals surface area contributed by atoms with Crippen molar-refractivity contribution >= 4 is 21.5 Å². The molecule has 2 atom stereocenters. The number of aliphatic hydroxyl groups is 1. The minimum atomic E-state index is -0.486. The second-order valence-corrected chi connectivity index (χ2v) is 11.0. The first-order valence-corrected chi connectivity index (χ1v) is 14.3. The number of aryl methyl sites for hydroxylation is 1. The summed E-state index contributed by atoms with van der Waals surface area (Å²) in [5.74, 6) is 0.520. The van der Waals surface area contributed by atoms with Gasteiger partial charge in [-0.3, -0.25) is 4.90 Å². The number of unbranched alkanes of at least 4 members (excludes halogenated alkanes) is 6. The molecule has 3 aromatic carbocycles. The first-order chi connectivity index (χ1) is 16.9. The SMILES string of the molecule is CCCCCCN(CCCCCC)[C@H](C)[C@@H](O)c1cc(C)c2ccc3cc(C(C)C)ccc3c2c1. The van der Waals surface area contributed by atoms with Gasteiger partial charge in [-0.15, -0.1) is 0 Å². The molecule has 0 aliphatic carbocycles. The molecule has 2 nitrogen and oxygen atoms in total. The zero-order valence-electron chi connectivity index (χ0n) is 23.2. The molecule has 0 amide bonds. The fourth-order valence-corrected chi connectivity index (χ4v) is 5.42. The van der Waals surface area contributed by atoms with E-state index < -0.39 is 6.10 Å². The summed E-state index contributed by atoms with van der Waals surface area (Å²) in [4.78, 5) is 2.55. The van der Waals surface area contributed by atoms with E-state index in [-0.39, 0.29) is 6.04 Å². The minimum absolute atomic E-state index is 0.109. The van der Waals surface area contributed by atoms with Crippen LogP contribution in [0.15, 0.2) is 42.5 Å². The lowest BCUT2D eigenvalue weighted by molar-refractivity contribution is 0.0555. The number of benzene rings is 3. The van der Waals surface area contributed by atoms with E-state index >= 15 is 0 Å². The molecule has 2 heteroatoms. The zero-order chi connectivity index (χ0) is 25.4. The van der Waals surface area contributed by atoms with Gasteiger partial charge in [0.2, 0.25) is 0 Å². The molecule has 0 saturated carbocycles. The van der Waals surface area contributed by atoms with Gasteiger partial charge in [0.05, 0.1) is 6.10 Å². The van der Waals surface area contributed by atoms with Crippen molar-refractivity contribution in [3.05, 3.63) is 59.2 Å². The molecule has 0 aliphatic heterocycles. The van der Waals surface area contributed by atoms with Crippen LogP contribution in [0.25, 0.3) is 21.5 Å². The second kappa shape index (κ2) is 13.4. The second-order valence-electron chi connectivity index (χ2n) is 11.0. The third-order valence-corrected chi connectivity index (χ3v) is 7.84. The van der Waals surface area contributed by atoms with Crippen molar-refractivity contribution in [2.75, 3.05) is 13.1 Å². The number of fused-ring (bicyclic) bond motifs is 3. The van der Waals surface area contributed by atoms with Crippen LogP contribution in [-0.2, 0) is 0 Å². The van der Waals surface area contributed by atoms with Crippen molar-refractivity contribution in [3.63, 3.8) is 0 Å². The Morgan fingerprint density at radius 3 is 1.91 bits per heavy atom. The molecule has 0 heterocycles. The fourth-order valence-electron chi connectivity index (χ4n) is 5.42. The van der Waals surface area contributed by atoms with Gasteiger partial charge in [-0.2, -0.15) is 0 Å². The maximum absolute atomic E-state index is 11.6. The van der Waals surface area contributed by atoms with Gasteiger partial charge in [0.15, 0.2) is 0 Å². The van der Waals surface area contributed by atoms with E-state index in [9.17, 15) is 5.11 Å². The first-order valence-electron chi connectivity index (χ1n) is 14.3. The van der Waals surface area contributed by atoms with E-state index in [1.54, 1.807) is 0 Å². The van der Waals surface area contributed by atoms with Gasteiger partial charge in [-0.25, -0.2) is 0 Å². The van der Waals surface area contributed by atoms with Crippen LogP contribution in [0.2, 0.25) is 0 Å². The van der Waals surface area contributed by atoms with E-state index in [1.165, 1.54) is 84.0 Å². The standard InChI is InChI=1S/C33H49NO/c1-7-9-11-13-19-34(20-14-12-10-8-2)26(6)33(35)29-21-25(5)30-17-16-28-22-27(24(3)4)15-18-31(28)32(30)23-29/h15-18,21-24,26,33,35H,7-14,19-20H2,1-6H3/t26-,33-/m1/s1. The molecule has 3 aromatic rings. The molecule has 0 unspecified atom stereocenters. The minimum Gasteiger partial charge on any atom is -0.387 e. The summed E-state index contributed by atoms with van der Waals surface area (Å²) >= 11 is 0. The molecule has 0 fully saturated rings. The van der Waals surface area contributed by atoms with Crippen LogP contribution < -0.4 is 0 Å². The molecule has 0 saturated heterocycles. The summed E-state index contributed by atoms with van der Waals surface area (Å²) in [5.41, 5.74) is 3.67. The largest absolute Gasteiger partial charge is 0.387 e. The van der Waals surface area contributed by atoms with Crippen LogP contribution >= 0.6 is 0 Å². The van der Waals surface area contributed by atoms with Crippen LogP contribution in [0.5, 0.6) is 0 Å². The van der Waals surface area contributed by atoms with Gasteiger partial charge in [0.25, 0.3) is 0 Å². The Labute approximate surface area is 214 Å². The van der Waals surface area contributed by atoms with Crippen LogP contribution in [0, 0.1) is 6.92 Å². The van der Waals surface area contributed by atoms with Crippen LogP contribution in [0.4, 0.5) is 0 Å². The summed E-state index contributed by atoms with van der Waals surface area (Å²) in [6, 6.07) is 16.0. The van der Waals surface area contributed by atoms with Crippen molar-refractivity contribution in [3.8, 4) is 0 Å². The molecule has 35 heavy (non-hydrogen) atoms. The van der Waals surface area contributed by atoms with Crippen molar-refractivity contribution in [2.24, 2.45) is 0 Å². The lowest BCUT2D eigenvalue weighted by Crippen LogP contribution is -2.39. The van der Waals surface area contributed by atoms with Crippen molar-refractivity contribution in [1.29, 1.82) is 0 Å². The molecule has 0 radical (unpaired) electrons. The number of hydrogen-bond acceptors (Lipinski definition) is 2. The number of rotatable bonds is 14. The lowest BCUT2D eigenvalue weighted by atomic mass is 9.91. The van der Waals surface area contributed by atoms with Crippen LogP contribution in [0.3, 0.4) is 0 Å². The normalized spacial score (nSPS) is 13.9. The molecular weight excluding hydrogens is 426 g/mol. The predicted octanol–water partition coefficient (Wildman–Crippen LogP) is 9.31. The maximum Gasteiger partial charge on any atom is 0.0942 e. The maximum atomic E-state index is 11.6. The Hall–Kier alpha value is -1.90. The quantitative estimate of drug-likeness (QED) is 0.185. The summed E-state index contributed by atoms with van der Waals surface area (Å²) in [5, 5.41) is 16.7. The Morgan fingerprint density at radius 2 is 1.31 bits per heavy atom. The van der Waals surface area contributed by atoms with Gasteiger partial charge in [-0.1, -0.05) is 103 Å². The first kappa shape index (κ1) is 27.7. The lowest BCUT2D eigenvalue weighted by Gasteiger charge is -2.33. The van der Waals surface area contributed by atoms with Crippen molar-refractivity contribution in [1.82, 2.24) is 4.90 Å². The number of aliphatic hydroxyl groups excluding tert-OH is 1. The topological polar surface area (TPSA) is 23.5 Å². The van der Waals surface area contributed by atoms with Gasteiger partial charge in [0.1, 0.15) is 0 Å². The average Bonchev–Trinajstić information content (AvgIpc) is 2.86. The van der Waals surface area contributed by atoms with Gasteiger partial charge in [-0.05, 0) is 90.0 Å². The molecule has 3 rings (SSSR count). The third-order valence-electron chi connectivity index (χ3n) is 7.84. The predicted molar refractivity (Wildman–Crippen MR) is 155 cm³/mol. The molecule has 0 spiro atoms. The molecule has 1 N–H and O–H groups in total. The monoisotopic (exact) mass is 475 g/mol. The summed E-state index contributed by atoms with van der Waals surface area (Å²) in [6.07, 6.45) is 9.65. The smallest absolute Gasteiger partial charge is 0.0942 e. The molecule has 0 aromatic heterocycles.